The molecule has 0 unspecified atom stereocenters. The Hall–Kier alpha value is -1.69. The summed E-state index contributed by atoms with van der Waals surface area (Å²) in [6.07, 6.45) is 6.51. The van der Waals surface area contributed by atoms with Crippen molar-refractivity contribution in [1.29, 1.82) is 0 Å². The molecule has 0 aromatic carbocycles. The second-order valence-corrected chi connectivity index (χ2v) is 6.45. The molecule has 0 atom stereocenters. The zero-order valence-corrected chi connectivity index (χ0v) is 12.0. The number of rotatable bonds is 1. The van der Waals surface area contributed by atoms with E-state index in [1.54, 1.807) is 11.3 Å². The maximum absolute atomic E-state index is 11.9. The lowest BCUT2D eigenvalue weighted by Gasteiger charge is -2.06. The Morgan fingerprint density at radius 3 is 2.85 bits per heavy atom. The van der Waals surface area contributed by atoms with Gasteiger partial charge in [-0.2, -0.15) is 0 Å². The van der Waals surface area contributed by atoms with Crippen molar-refractivity contribution in [2.24, 2.45) is 0 Å². The fourth-order valence-corrected chi connectivity index (χ4v) is 3.98. The molecule has 1 aliphatic carbocycles. The summed E-state index contributed by atoms with van der Waals surface area (Å²) in [7, 11) is 0. The number of nitrogens with zero attached hydrogens (tertiary/aromatic N) is 2. The van der Waals surface area contributed by atoms with Crippen LogP contribution in [0.4, 0.5) is 0 Å². The highest BCUT2D eigenvalue weighted by atomic mass is 32.1. The molecule has 5 nitrogen and oxygen atoms in total. The van der Waals surface area contributed by atoms with E-state index >= 15 is 0 Å². The van der Waals surface area contributed by atoms with Crippen molar-refractivity contribution >= 4 is 17.2 Å². The fraction of sp³-hybridized carbons (Fsp3) is 0.500. The van der Waals surface area contributed by atoms with Crippen LogP contribution in [0.1, 0.15) is 46.0 Å². The molecule has 0 spiro atoms. The van der Waals surface area contributed by atoms with Gasteiger partial charge in [0, 0.05) is 17.1 Å². The number of H-pyrrole nitrogens is 1. The fourth-order valence-electron chi connectivity index (χ4n) is 2.88. The van der Waals surface area contributed by atoms with Crippen molar-refractivity contribution in [2.45, 2.75) is 38.5 Å². The Balaban J connectivity index is 1.74. The highest BCUT2D eigenvalue weighted by molar-refractivity contribution is 7.15. The van der Waals surface area contributed by atoms with E-state index in [-0.39, 0.29) is 5.91 Å². The molecule has 0 radical (unpaired) electrons. The van der Waals surface area contributed by atoms with Gasteiger partial charge in [-0.3, -0.25) is 4.79 Å². The number of aromatic nitrogens is 3. The van der Waals surface area contributed by atoms with Crippen LogP contribution in [-0.2, 0) is 19.3 Å². The number of nitrogens with one attached hydrogen (secondary N) is 2. The topological polar surface area (TPSA) is 70.7 Å². The van der Waals surface area contributed by atoms with Gasteiger partial charge in [0.25, 0.3) is 5.91 Å². The summed E-state index contributed by atoms with van der Waals surface area (Å²) in [5.41, 5.74) is 2.72. The average Bonchev–Trinajstić information content (AvgIpc) is 3.03. The molecular weight excluding hydrogens is 272 g/mol. The summed E-state index contributed by atoms with van der Waals surface area (Å²) in [6, 6.07) is 0. The van der Waals surface area contributed by atoms with Gasteiger partial charge in [-0.25, -0.2) is 9.97 Å². The Morgan fingerprint density at radius 2 is 1.95 bits per heavy atom. The summed E-state index contributed by atoms with van der Waals surface area (Å²) >= 11 is 1.72. The van der Waals surface area contributed by atoms with Gasteiger partial charge in [0.05, 0.1) is 5.69 Å². The lowest BCUT2D eigenvalue weighted by atomic mass is 10.0. The molecule has 0 saturated carbocycles. The molecule has 4 rings (SSSR count). The number of amides is 1. The quantitative estimate of drug-likeness (QED) is 0.844. The number of aromatic amines is 1. The number of hydrogen-bond donors (Lipinski definition) is 2. The van der Waals surface area contributed by atoms with E-state index in [0.29, 0.717) is 5.69 Å². The van der Waals surface area contributed by atoms with Gasteiger partial charge < -0.3 is 10.3 Å². The summed E-state index contributed by atoms with van der Waals surface area (Å²) in [5, 5.41) is 3.80. The van der Waals surface area contributed by atoms with E-state index < -0.39 is 0 Å². The summed E-state index contributed by atoms with van der Waals surface area (Å²) in [6.45, 7) is 0.726. The third kappa shape index (κ3) is 1.95. The third-order valence-electron chi connectivity index (χ3n) is 3.93. The maximum atomic E-state index is 11.9. The first kappa shape index (κ1) is 12.1. The predicted octanol–water partition coefficient (Wildman–Crippen LogP) is 2.09. The monoisotopic (exact) mass is 288 g/mol. The molecule has 2 aromatic rings. The van der Waals surface area contributed by atoms with Gasteiger partial charge in [-0.05, 0) is 38.5 Å². The van der Waals surface area contributed by atoms with E-state index in [1.807, 2.05) is 0 Å². The Labute approximate surface area is 120 Å². The van der Waals surface area contributed by atoms with Crippen LogP contribution < -0.4 is 5.32 Å². The molecule has 0 fully saturated rings. The van der Waals surface area contributed by atoms with Gasteiger partial charge in [0.2, 0.25) is 0 Å². The zero-order chi connectivity index (χ0) is 13.5. The molecule has 0 bridgehead atoms. The molecule has 2 aromatic heterocycles. The van der Waals surface area contributed by atoms with E-state index in [2.05, 4.69) is 15.3 Å². The number of carbonyl (C=O) groups is 1. The van der Waals surface area contributed by atoms with Crippen LogP contribution in [0.25, 0.3) is 10.8 Å². The van der Waals surface area contributed by atoms with Crippen LogP contribution in [0.2, 0.25) is 0 Å². The van der Waals surface area contributed by atoms with Crippen LogP contribution >= 0.6 is 11.3 Å². The summed E-state index contributed by atoms with van der Waals surface area (Å²) in [4.78, 5) is 25.8. The van der Waals surface area contributed by atoms with Crippen molar-refractivity contribution in [2.75, 3.05) is 6.54 Å². The first-order chi connectivity index (χ1) is 9.81. The number of thiazole rings is 1. The van der Waals surface area contributed by atoms with Crippen LogP contribution in [0.3, 0.4) is 0 Å². The van der Waals surface area contributed by atoms with Crippen molar-refractivity contribution in [3.63, 3.8) is 0 Å². The van der Waals surface area contributed by atoms with Gasteiger partial charge in [0.1, 0.15) is 5.69 Å². The van der Waals surface area contributed by atoms with Crippen LogP contribution in [-0.4, -0.2) is 27.4 Å². The number of imidazole rings is 1. The molecule has 20 heavy (non-hydrogen) atoms. The standard InChI is InChI=1S/C14H16N4OS/c19-13-11-9(5-3-7-15-13)16-12(18-11)14-17-8-4-1-2-6-10(8)20-14/h1-7H2,(H,15,19)(H,16,18). The number of hydrogen-bond acceptors (Lipinski definition) is 4. The minimum atomic E-state index is -0.0682. The first-order valence-corrected chi connectivity index (χ1v) is 7.99. The van der Waals surface area contributed by atoms with Crippen LogP contribution in [0, 0.1) is 0 Å². The van der Waals surface area contributed by atoms with E-state index in [1.165, 1.54) is 23.4 Å². The lowest BCUT2D eigenvalue weighted by Crippen LogP contribution is -2.23. The third-order valence-corrected chi connectivity index (χ3v) is 5.10. The van der Waals surface area contributed by atoms with Gasteiger partial charge >= 0.3 is 0 Å². The van der Waals surface area contributed by atoms with Crippen molar-refractivity contribution < 1.29 is 4.79 Å². The second kappa shape index (κ2) is 4.70. The molecule has 1 amide bonds. The highest BCUT2D eigenvalue weighted by Gasteiger charge is 2.23. The largest absolute Gasteiger partial charge is 0.351 e. The van der Waals surface area contributed by atoms with E-state index in [0.717, 1.165) is 48.8 Å². The summed E-state index contributed by atoms with van der Waals surface area (Å²) in [5.74, 6) is 0.688. The Kier molecular flexibility index (Phi) is 2.84. The summed E-state index contributed by atoms with van der Waals surface area (Å²) < 4.78 is 0. The van der Waals surface area contributed by atoms with Gasteiger partial charge in [-0.15, -0.1) is 11.3 Å². The van der Waals surface area contributed by atoms with Crippen LogP contribution in [0.15, 0.2) is 0 Å². The Bertz CT molecular complexity index is 649. The smallest absolute Gasteiger partial charge is 0.271 e. The first-order valence-electron chi connectivity index (χ1n) is 7.17. The molecule has 1 aliphatic heterocycles. The molecule has 0 saturated heterocycles. The zero-order valence-electron chi connectivity index (χ0n) is 11.2. The number of carbonyl (C=O) groups excluding carboxylic acids is 1. The van der Waals surface area contributed by atoms with Crippen LogP contribution in [0.5, 0.6) is 0 Å². The minimum absolute atomic E-state index is 0.0682. The normalized spacial score (nSPS) is 18.1. The Morgan fingerprint density at radius 1 is 1.05 bits per heavy atom. The highest BCUT2D eigenvalue weighted by Crippen LogP contribution is 2.32. The molecule has 6 heteroatoms. The van der Waals surface area contributed by atoms with Crippen molar-refractivity contribution in [3.05, 3.63) is 22.0 Å². The SMILES string of the molecule is O=C1NCCCc2[nH]c(-c3nc4c(s3)CCCC4)nc21. The van der Waals surface area contributed by atoms with Gasteiger partial charge in [-0.1, -0.05) is 0 Å². The second-order valence-electron chi connectivity index (χ2n) is 5.37. The lowest BCUT2D eigenvalue weighted by molar-refractivity contribution is 0.0951. The van der Waals surface area contributed by atoms with E-state index in [4.69, 9.17) is 4.98 Å². The van der Waals surface area contributed by atoms with Crippen molar-refractivity contribution in [1.82, 2.24) is 20.3 Å². The minimum Gasteiger partial charge on any atom is -0.351 e. The van der Waals surface area contributed by atoms with Crippen molar-refractivity contribution in [3.8, 4) is 10.8 Å². The molecule has 104 valence electrons. The van der Waals surface area contributed by atoms with Gasteiger partial charge in [0.15, 0.2) is 10.8 Å². The molecule has 2 N–H and O–H groups in total. The molecule has 2 aliphatic rings. The van der Waals surface area contributed by atoms with E-state index in [9.17, 15) is 4.79 Å². The predicted molar refractivity (Wildman–Crippen MR) is 77.0 cm³/mol. The average molecular weight is 288 g/mol. The number of aryl methyl sites for hydroxylation is 3. The molecular formula is C14H16N4OS. The maximum Gasteiger partial charge on any atom is 0.271 e. The molecule has 3 heterocycles. The number of fused-ring (bicyclic) bond motifs is 2.